The van der Waals surface area contributed by atoms with Crippen molar-refractivity contribution in [2.75, 3.05) is 34.4 Å². The number of rotatable bonds is 8. The van der Waals surface area contributed by atoms with Gasteiger partial charge >= 0.3 is 11.9 Å². The average Bonchev–Trinajstić information content (AvgIpc) is 3.45. The largest absolute Gasteiger partial charge is 0.466 e. The SMILES string of the molecule is CC[C@@H](CO)NC(=O)[C@@H]1C=C2c3cccc4c3c(cn4C)C[C@H]2N(C)C1.COC(=O)C1=C(C)NC(C)=C(C(=O)OC)C1c1ccccc1[N+](=O)[O-]. The van der Waals surface area contributed by atoms with Gasteiger partial charge in [-0.2, -0.15) is 0 Å². The van der Waals surface area contributed by atoms with Crippen LogP contribution in [0.25, 0.3) is 16.5 Å². The number of methoxy groups -OCH3 is 2. The number of para-hydroxylation sites is 1. The van der Waals surface area contributed by atoms with E-state index in [4.69, 9.17) is 9.47 Å². The highest BCUT2D eigenvalue weighted by molar-refractivity contribution is 6.01. The van der Waals surface area contributed by atoms with Crippen molar-refractivity contribution in [3.8, 4) is 0 Å². The van der Waals surface area contributed by atoms with Crippen LogP contribution < -0.4 is 10.6 Å². The maximum Gasteiger partial charge on any atom is 0.336 e. The molecule has 0 saturated carbocycles. The number of hydrogen-bond donors (Lipinski definition) is 3. The number of carbonyl (C=O) groups is 3. The fourth-order valence-corrected chi connectivity index (χ4v) is 7.44. The topological polar surface area (TPSA) is 165 Å². The van der Waals surface area contributed by atoms with Crippen LogP contribution in [-0.2, 0) is 37.3 Å². The second-order valence-corrected chi connectivity index (χ2v) is 13.1. The van der Waals surface area contributed by atoms with Gasteiger partial charge in [-0.1, -0.05) is 43.3 Å². The number of aliphatic hydroxyl groups is 1. The highest BCUT2D eigenvalue weighted by Crippen LogP contribution is 2.43. The number of ether oxygens (including phenoxy) is 2. The molecule has 3 heterocycles. The number of aromatic nitrogens is 1. The lowest BCUT2D eigenvalue weighted by atomic mass is 9.79. The zero-order valence-electron chi connectivity index (χ0n) is 30.0. The molecule has 2 aliphatic heterocycles. The molecule has 3 atom stereocenters. The summed E-state index contributed by atoms with van der Waals surface area (Å²) in [5, 5.41) is 28.1. The number of dihydropyridines is 1. The number of aryl methyl sites for hydroxylation is 1. The van der Waals surface area contributed by atoms with E-state index in [1.165, 1.54) is 60.0 Å². The van der Waals surface area contributed by atoms with Crippen molar-refractivity contribution in [2.45, 2.75) is 51.6 Å². The van der Waals surface area contributed by atoms with Gasteiger partial charge in [0.2, 0.25) is 5.91 Å². The van der Waals surface area contributed by atoms with Gasteiger partial charge in [-0.3, -0.25) is 19.8 Å². The number of aliphatic hydroxyl groups excluding tert-OH is 1. The smallest absolute Gasteiger partial charge is 0.336 e. The molecule has 0 spiro atoms. The fraction of sp³-hybridized carbons (Fsp3) is 0.395. The van der Waals surface area contributed by atoms with E-state index < -0.39 is 22.8 Å². The molecular formula is C38H45N5O8. The van der Waals surface area contributed by atoms with Gasteiger partial charge < -0.3 is 29.8 Å². The molecule has 13 heteroatoms. The van der Waals surface area contributed by atoms with Crippen molar-refractivity contribution >= 4 is 40.0 Å². The van der Waals surface area contributed by atoms with Crippen LogP contribution in [0.5, 0.6) is 0 Å². The molecule has 3 aromatic rings. The number of allylic oxidation sites excluding steroid dienone is 2. The molecule has 51 heavy (non-hydrogen) atoms. The summed E-state index contributed by atoms with van der Waals surface area (Å²) in [6.07, 6.45) is 6.12. The Morgan fingerprint density at radius 3 is 2.27 bits per heavy atom. The van der Waals surface area contributed by atoms with Crippen LogP contribution in [0.15, 0.2) is 77.3 Å². The van der Waals surface area contributed by atoms with Crippen molar-refractivity contribution < 1.29 is 33.9 Å². The van der Waals surface area contributed by atoms with Crippen LogP contribution in [-0.4, -0.2) is 83.8 Å². The summed E-state index contributed by atoms with van der Waals surface area (Å²) >= 11 is 0. The molecular weight excluding hydrogens is 654 g/mol. The molecule has 3 aliphatic rings. The molecule has 1 aliphatic carbocycles. The summed E-state index contributed by atoms with van der Waals surface area (Å²) in [5.41, 5.74) is 6.35. The number of fused-ring (bicyclic) bond motifs is 2. The van der Waals surface area contributed by atoms with E-state index in [2.05, 4.69) is 64.7 Å². The van der Waals surface area contributed by atoms with Gasteiger partial charge in [-0.25, -0.2) is 9.59 Å². The Morgan fingerprint density at radius 1 is 1.04 bits per heavy atom. The number of carbonyl (C=O) groups excluding carboxylic acids is 3. The van der Waals surface area contributed by atoms with Gasteiger partial charge in [0.1, 0.15) is 0 Å². The molecule has 3 N–H and O–H groups in total. The summed E-state index contributed by atoms with van der Waals surface area (Å²) < 4.78 is 11.9. The van der Waals surface area contributed by atoms with E-state index in [1.54, 1.807) is 19.9 Å². The van der Waals surface area contributed by atoms with Crippen molar-refractivity contribution in [3.63, 3.8) is 0 Å². The van der Waals surface area contributed by atoms with E-state index in [0.717, 1.165) is 12.8 Å². The molecule has 0 bridgehead atoms. The molecule has 1 amide bonds. The Morgan fingerprint density at radius 2 is 1.69 bits per heavy atom. The first kappa shape index (κ1) is 37.0. The minimum absolute atomic E-state index is 0.00901. The first-order valence-corrected chi connectivity index (χ1v) is 16.9. The predicted octanol–water partition coefficient (Wildman–Crippen LogP) is 4.11. The number of amides is 1. The van der Waals surface area contributed by atoms with E-state index in [9.17, 15) is 29.6 Å². The number of nitrogens with zero attached hydrogens (tertiary/aromatic N) is 3. The maximum atomic E-state index is 12.7. The molecule has 0 saturated heterocycles. The summed E-state index contributed by atoms with van der Waals surface area (Å²) in [5.74, 6) is -2.51. The van der Waals surface area contributed by atoms with Crippen LogP contribution in [0.4, 0.5) is 5.69 Å². The third-order valence-corrected chi connectivity index (χ3v) is 9.99. The molecule has 6 rings (SSSR count). The Bertz CT molecular complexity index is 1930. The van der Waals surface area contributed by atoms with Crippen LogP contribution in [0.3, 0.4) is 0 Å². The van der Waals surface area contributed by atoms with Crippen LogP contribution in [0.2, 0.25) is 0 Å². The van der Waals surface area contributed by atoms with Gasteiger partial charge in [-0.15, -0.1) is 0 Å². The van der Waals surface area contributed by atoms with Crippen molar-refractivity contribution in [3.05, 3.63) is 104 Å². The second-order valence-electron chi connectivity index (χ2n) is 13.1. The lowest BCUT2D eigenvalue weighted by Gasteiger charge is -2.39. The van der Waals surface area contributed by atoms with E-state index in [0.29, 0.717) is 24.0 Å². The Balaban J connectivity index is 0.000000198. The van der Waals surface area contributed by atoms with Gasteiger partial charge in [-0.05, 0) is 56.5 Å². The number of likely N-dealkylation sites (N-methyl/N-ethyl adjacent to an activating group) is 1. The van der Waals surface area contributed by atoms with Gasteiger partial charge in [0.25, 0.3) is 5.69 Å². The zero-order valence-corrected chi connectivity index (χ0v) is 30.0. The molecule has 13 nitrogen and oxygen atoms in total. The third-order valence-electron chi connectivity index (χ3n) is 9.99. The Labute approximate surface area is 296 Å². The molecule has 1 aromatic heterocycles. The molecule has 0 radical (unpaired) electrons. The maximum absolute atomic E-state index is 12.7. The number of nitrogens with one attached hydrogen (secondary N) is 2. The summed E-state index contributed by atoms with van der Waals surface area (Å²) in [6, 6.07) is 12.6. The van der Waals surface area contributed by atoms with Crippen molar-refractivity contribution in [1.82, 2.24) is 20.1 Å². The van der Waals surface area contributed by atoms with Gasteiger partial charge in [0.05, 0.1) is 54.8 Å². The van der Waals surface area contributed by atoms with E-state index in [-0.39, 0.29) is 46.9 Å². The van der Waals surface area contributed by atoms with Gasteiger partial charge in [0.15, 0.2) is 0 Å². The van der Waals surface area contributed by atoms with E-state index >= 15 is 0 Å². The number of benzene rings is 2. The van der Waals surface area contributed by atoms with Crippen molar-refractivity contribution in [2.24, 2.45) is 13.0 Å². The predicted molar refractivity (Wildman–Crippen MR) is 192 cm³/mol. The lowest BCUT2D eigenvalue weighted by molar-refractivity contribution is -0.385. The summed E-state index contributed by atoms with van der Waals surface area (Å²) in [7, 11) is 6.62. The second kappa shape index (κ2) is 15.3. The number of esters is 2. The average molecular weight is 700 g/mol. The Kier molecular flexibility index (Phi) is 11.1. The third kappa shape index (κ3) is 7.04. The summed E-state index contributed by atoms with van der Waals surface area (Å²) in [6.45, 7) is 5.95. The van der Waals surface area contributed by atoms with Crippen LogP contribution in [0, 0.1) is 16.0 Å². The van der Waals surface area contributed by atoms with Crippen LogP contribution >= 0.6 is 0 Å². The normalized spacial score (nSPS) is 19.3. The Hall–Kier alpha value is -5.27. The number of nitro benzene ring substituents is 1. The minimum atomic E-state index is -0.970. The van der Waals surface area contributed by atoms with Crippen LogP contribution in [0.1, 0.15) is 49.8 Å². The molecule has 2 aromatic carbocycles. The fourth-order valence-electron chi connectivity index (χ4n) is 7.44. The molecule has 270 valence electrons. The number of nitro groups is 1. The summed E-state index contributed by atoms with van der Waals surface area (Å²) in [4.78, 5) is 50.6. The zero-order chi connectivity index (χ0) is 37.1. The van der Waals surface area contributed by atoms with E-state index in [1.807, 2.05) is 6.92 Å². The van der Waals surface area contributed by atoms with Gasteiger partial charge in [0, 0.05) is 59.8 Å². The molecule has 0 fully saturated rings. The monoisotopic (exact) mass is 699 g/mol. The highest BCUT2D eigenvalue weighted by atomic mass is 16.6. The quantitative estimate of drug-likeness (QED) is 0.177. The first-order valence-electron chi connectivity index (χ1n) is 16.9. The first-order chi connectivity index (χ1) is 24.4. The molecule has 0 unspecified atom stereocenters. The van der Waals surface area contributed by atoms with Crippen molar-refractivity contribution in [1.29, 1.82) is 0 Å². The number of hydrogen-bond acceptors (Lipinski definition) is 10. The minimum Gasteiger partial charge on any atom is -0.466 e. The highest BCUT2D eigenvalue weighted by Gasteiger charge is 2.41. The standard InChI is InChI=1S/C21H27N3O2.C17H18N2O6/c1-4-15(12-25)22-21(26)14-8-17-16-6-5-7-18-20(16)13(10-23(18)2)9-19(17)24(3)11-14;1-9-13(16(20)24-3)15(14(10(2)18-9)17(21)25-4)11-7-5-6-8-12(11)19(22)23/h5-8,10,14-15,19,25H,4,9,11-12H2,1-3H3,(H,22,26);5-8,15,18H,1-4H3/t14-,15+,19-;/m1./s1. The lowest BCUT2D eigenvalue weighted by Crippen LogP contribution is -2.48.